The van der Waals surface area contributed by atoms with Gasteiger partial charge in [0.2, 0.25) is 0 Å². The maximum absolute atomic E-state index is 5.89. The van der Waals surface area contributed by atoms with Crippen LogP contribution in [0.15, 0.2) is 41.8 Å². The molecule has 2 N–H and O–H groups in total. The molecule has 3 rings (SSSR count). The maximum Gasteiger partial charge on any atom is 0.181 e. The number of para-hydroxylation sites is 1. The average molecular weight is 288 g/mol. The van der Waals surface area contributed by atoms with Gasteiger partial charge in [-0.1, -0.05) is 29.5 Å². The van der Waals surface area contributed by atoms with E-state index in [2.05, 4.69) is 11.1 Å². The molecule has 0 aliphatic rings. The van der Waals surface area contributed by atoms with Crippen molar-refractivity contribution in [3.63, 3.8) is 0 Å². The zero-order valence-electron chi connectivity index (χ0n) is 10.3. The van der Waals surface area contributed by atoms with Gasteiger partial charge in [0.1, 0.15) is 11.4 Å². The van der Waals surface area contributed by atoms with Gasteiger partial charge in [0, 0.05) is 5.56 Å². The number of nitrogens with zero attached hydrogens (tertiary/aromatic N) is 1. The van der Waals surface area contributed by atoms with E-state index >= 15 is 0 Å². The number of hydrogen-bond donors (Lipinski definition) is 1. The molecule has 0 amide bonds. The third-order valence-electron chi connectivity index (χ3n) is 2.75. The third kappa shape index (κ3) is 2.22. The molecule has 0 fully saturated rings. The predicted octanol–water partition coefficient (Wildman–Crippen LogP) is 4.13. The molecule has 3 nitrogen and oxygen atoms in total. The highest BCUT2D eigenvalue weighted by Gasteiger charge is 2.17. The summed E-state index contributed by atoms with van der Waals surface area (Å²) < 4.78 is 5.42. The van der Waals surface area contributed by atoms with E-state index in [9.17, 15) is 0 Å². The summed E-state index contributed by atoms with van der Waals surface area (Å²) >= 11 is 3.15. The lowest BCUT2D eigenvalue weighted by Gasteiger charge is -2.07. The number of rotatable bonds is 3. The molecule has 2 aromatic heterocycles. The van der Waals surface area contributed by atoms with Crippen LogP contribution < -0.4 is 10.5 Å². The zero-order chi connectivity index (χ0) is 13.2. The van der Waals surface area contributed by atoms with E-state index in [4.69, 9.17) is 10.5 Å². The summed E-state index contributed by atoms with van der Waals surface area (Å²) in [5, 5.41) is 2.61. The van der Waals surface area contributed by atoms with Gasteiger partial charge in [0.15, 0.2) is 5.13 Å². The Morgan fingerprint density at radius 1 is 1.16 bits per heavy atom. The summed E-state index contributed by atoms with van der Waals surface area (Å²) in [5.41, 5.74) is 7.85. The monoisotopic (exact) mass is 288 g/mol. The van der Waals surface area contributed by atoms with Crippen molar-refractivity contribution in [3.05, 3.63) is 41.8 Å². The van der Waals surface area contributed by atoms with Crippen molar-refractivity contribution in [2.24, 2.45) is 0 Å². The molecule has 0 unspecified atom stereocenters. The lowest BCUT2D eigenvalue weighted by Crippen LogP contribution is -1.87. The Hall–Kier alpha value is -1.85. The van der Waals surface area contributed by atoms with E-state index in [0.29, 0.717) is 5.13 Å². The minimum absolute atomic E-state index is 0.573. The van der Waals surface area contributed by atoms with E-state index in [1.165, 1.54) is 11.3 Å². The SMILES string of the molecule is COc1ccccc1-c1sc(N)nc1-c1cccs1. The molecule has 1 aromatic carbocycles. The van der Waals surface area contributed by atoms with Gasteiger partial charge in [-0.15, -0.1) is 11.3 Å². The van der Waals surface area contributed by atoms with E-state index < -0.39 is 0 Å². The molecule has 0 bridgehead atoms. The lowest BCUT2D eigenvalue weighted by atomic mass is 10.1. The zero-order valence-corrected chi connectivity index (χ0v) is 11.9. The lowest BCUT2D eigenvalue weighted by molar-refractivity contribution is 0.416. The van der Waals surface area contributed by atoms with Crippen molar-refractivity contribution in [3.8, 4) is 26.8 Å². The van der Waals surface area contributed by atoms with Crippen LogP contribution in [0, 0.1) is 0 Å². The van der Waals surface area contributed by atoms with Crippen LogP contribution in [0.25, 0.3) is 21.0 Å². The van der Waals surface area contributed by atoms with Gasteiger partial charge in [0.05, 0.1) is 16.9 Å². The van der Waals surface area contributed by atoms with E-state index in [1.54, 1.807) is 18.4 Å². The largest absolute Gasteiger partial charge is 0.496 e. The number of thiophene rings is 1. The van der Waals surface area contributed by atoms with E-state index in [-0.39, 0.29) is 0 Å². The first-order chi connectivity index (χ1) is 9.29. The van der Waals surface area contributed by atoms with Crippen molar-refractivity contribution >= 4 is 27.8 Å². The van der Waals surface area contributed by atoms with Crippen molar-refractivity contribution in [2.75, 3.05) is 12.8 Å². The predicted molar refractivity (Wildman–Crippen MR) is 81.8 cm³/mol. The summed E-state index contributed by atoms with van der Waals surface area (Å²) in [7, 11) is 1.67. The molecular weight excluding hydrogens is 276 g/mol. The molecule has 0 saturated carbocycles. The van der Waals surface area contributed by atoms with Gasteiger partial charge in [-0.25, -0.2) is 4.98 Å². The Morgan fingerprint density at radius 2 is 2.00 bits per heavy atom. The molecule has 0 atom stereocenters. The molecule has 3 aromatic rings. The first kappa shape index (κ1) is 12.2. The van der Waals surface area contributed by atoms with Gasteiger partial charge in [-0.2, -0.15) is 0 Å². The van der Waals surface area contributed by atoms with Crippen LogP contribution in [0.5, 0.6) is 5.75 Å². The van der Waals surface area contributed by atoms with Gasteiger partial charge in [0.25, 0.3) is 0 Å². The maximum atomic E-state index is 5.89. The van der Waals surface area contributed by atoms with Crippen LogP contribution in [-0.2, 0) is 0 Å². The fourth-order valence-electron chi connectivity index (χ4n) is 1.93. The molecule has 0 spiro atoms. The number of benzene rings is 1. The molecule has 0 radical (unpaired) electrons. The Labute approximate surface area is 119 Å². The van der Waals surface area contributed by atoms with Gasteiger partial charge >= 0.3 is 0 Å². The molecule has 0 aliphatic heterocycles. The highest BCUT2D eigenvalue weighted by atomic mass is 32.1. The van der Waals surface area contributed by atoms with Crippen molar-refractivity contribution in [2.45, 2.75) is 0 Å². The first-order valence-corrected chi connectivity index (χ1v) is 7.43. The Morgan fingerprint density at radius 3 is 2.74 bits per heavy atom. The number of aromatic nitrogens is 1. The van der Waals surface area contributed by atoms with Gasteiger partial charge < -0.3 is 10.5 Å². The number of nitrogens with two attached hydrogens (primary N) is 1. The quantitative estimate of drug-likeness (QED) is 0.788. The number of hydrogen-bond acceptors (Lipinski definition) is 5. The second kappa shape index (κ2) is 5.03. The Kier molecular flexibility index (Phi) is 3.23. The van der Waals surface area contributed by atoms with Gasteiger partial charge in [-0.05, 0) is 23.6 Å². The highest BCUT2D eigenvalue weighted by molar-refractivity contribution is 7.20. The molecule has 0 aliphatic carbocycles. The van der Waals surface area contributed by atoms with E-state index in [0.717, 1.165) is 26.8 Å². The van der Waals surface area contributed by atoms with Crippen LogP contribution >= 0.6 is 22.7 Å². The average Bonchev–Trinajstić information content (AvgIpc) is 3.07. The standard InChI is InChI=1S/C14H12N2OS2/c1-17-10-6-3-2-5-9(10)13-12(16-14(15)19-13)11-7-4-8-18-11/h2-8H,1H3,(H2,15,16). The molecular formula is C14H12N2OS2. The van der Waals surface area contributed by atoms with Crippen molar-refractivity contribution in [1.29, 1.82) is 0 Å². The summed E-state index contributed by atoms with van der Waals surface area (Å²) in [6, 6.07) is 12.0. The number of methoxy groups -OCH3 is 1. The topological polar surface area (TPSA) is 48.1 Å². The molecule has 19 heavy (non-hydrogen) atoms. The second-order valence-corrected chi connectivity index (χ2v) is 5.89. The molecule has 5 heteroatoms. The third-order valence-corrected chi connectivity index (χ3v) is 4.54. The van der Waals surface area contributed by atoms with Crippen molar-refractivity contribution in [1.82, 2.24) is 4.98 Å². The van der Waals surface area contributed by atoms with Gasteiger partial charge in [-0.3, -0.25) is 0 Å². The van der Waals surface area contributed by atoms with E-state index in [1.807, 2.05) is 35.7 Å². The first-order valence-electron chi connectivity index (χ1n) is 5.73. The molecule has 0 saturated heterocycles. The Bertz CT molecular complexity index is 689. The minimum Gasteiger partial charge on any atom is -0.496 e. The fraction of sp³-hybridized carbons (Fsp3) is 0.0714. The van der Waals surface area contributed by atoms with Crippen LogP contribution in [0.1, 0.15) is 0 Å². The summed E-state index contributed by atoms with van der Waals surface area (Å²) in [4.78, 5) is 6.63. The summed E-state index contributed by atoms with van der Waals surface area (Å²) in [6.07, 6.45) is 0. The highest BCUT2D eigenvalue weighted by Crippen LogP contribution is 2.42. The molecule has 96 valence electrons. The fourth-order valence-corrected chi connectivity index (χ4v) is 3.59. The summed E-state index contributed by atoms with van der Waals surface area (Å²) in [5.74, 6) is 0.837. The smallest absolute Gasteiger partial charge is 0.181 e. The minimum atomic E-state index is 0.573. The summed E-state index contributed by atoms with van der Waals surface area (Å²) in [6.45, 7) is 0. The number of anilines is 1. The van der Waals surface area contributed by atoms with Crippen LogP contribution in [-0.4, -0.2) is 12.1 Å². The number of ether oxygens (including phenoxy) is 1. The Balaban J connectivity index is 2.20. The van der Waals surface area contributed by atoms with Crippen LogP contribution in [0.2, 0.25) is 0 Å². The number of nitrogen functional groups attached to an aromatic ring is 1. The van der Waals surface area contributed by atoms with Crippen molar-refractivity contribution < 1.29 is 4.74 Å². The normalized spacial score (nSPS) is 10.6. The number of thiazole rings is 1. The second-order valence-electron chi connectivity index (χ2n) is 3.91. The molecule has 2 heterocycles. The van der Waals surface area contributed by atoms with Crippen LogP contribution in [0.3, 0.4) is 0 Å². The van der Waals surface area contributed by atoms with Crippen LogP contribution in [0.4, 0.5) is 5.13 Å².